The molecule has 5 rings (SSSR count). The van der Waals surface area contributed by atoms with Crippen LogP contribution in [0.4, 0.5) is 11.5 Å². The third-order valence-electron chi connectivity index (χ3n) is 6.18. The zero-order valence-corrected chi connectivity index (χ0v) is 18.7. The Bertz CT molecular complexity index is 1180. The van der Waals surface area contributed by atoms with Gasteiger partial charge >= 0.3 is 6.01 Å². The minimum atomic E-state index is -0.317. The highest BCUT2D eigenvalue weighted by atomic mass is 16.5. The number of pyridine rings is 1. The van der Waals surface area contributed by atoms with E-state index in [0.29, 0.717) is 23.0 Å². The van der Waals surface area contributed by atoms with Gasteiger partial charge in [-0.3, -0.25) is 4.79 Å². The number of anilines is 2. The van der Waals surface area contributed by atoms with Gasteiger partial charge in [-0.2, -0.15) is 0 Å². The molecule has 167 valence electrons. The van der Waals surface area contributed by atoms with Gasteiger partial charge < -0.3 is 15.0 Å². The van der Waals surface area contributed by atoms with Crippen LogP contribution < -0.4 is 15.4 Å². The van der Waals surface area contributed by atoms with Crippen molar-refractivity contribution in [2.24, 2.45) is 0 Å². The van der Waals surface area contributed by atoms with Gasteiger partial charge in [0.15, 0.2) is 0 Å². The molecule has 0 unspecified atom stereocenters. The monoisotopic (exact) mass is 441 g/mol. The van der Waals surface area contributed by atoms with Crippen molar-refractivity contribution >= 4 is 23.5 Å². The number of benzene rings is 1. The number of fused-ring (bicyclic) bond motifs is 1. The molecule has 33 heavy (non-hydrogen) atoms. The quantitative estimate of drug-likeness (QED) is 0.643. The smallest absolute Gasteiger partial charge is 0.316 e. The third kappa shape index (κ3) is 4.42. The fourth-order valence-electron chi connectivity index (χ4n) is 4.28. The molecule has 2 aromatic heterocycles. The molecule has 8 nitrogen and oxygen atoms in total. The highest BCUT2D eigenvalue weighted by Crippen LogP contribution is 2.32. The Morgan fingerprint density at radius 2 is 1.82 bits per heavy atom. The Kier molecular flexibility index (Phi) is 5.75. The number of ether oxygens (including phenoxy) is 1. The number of methoxy groups -OCH3 is 1. The molecule has 2 aliphatic heterocycles. The average molecular weight is 442 g/mol. The molecule has 1 amide bonds. The van der Waals surface area contributed by atoms with Crippen LogP contribution in [-0.4, -0.2) is 53.0 Å². The van der Waals surface area contributed by atoms with Crippen LogP contribution >= 0.6 is 0 Å². The second kappa shape index (κ2) is 8.99. The fourth-order valence-corrected chi connectivity index (χ4v) is 4.28. The second-order valence-electron chi connectivity index (χ2n) is 8.35. The van der Waals surface area contributed by atoms with Crippen LogP contribution in [0.5, 0.6) is 6.01 Å². The number of likely N-dealkylation sites (tertiary alicyclic amines) is 1. The predicted octanol–water partition coefficient (Wildman–Crippen LogP) is 3.83. The average Bonchev–Trinajstić information content (AvgIpc) is 2.85. The number of nitrogens with one attached hydrogen (secondary N) is 1. The normalized spacial score (nSPS) is 16.2. The standard InChI is InChI=1S/C25H25N6O2/c1-31-11-8-17(9-12-31)16-3-5-20(6-4-16)29-23-22-18(7-10-26-24(22)32)13-21(30-23)19-14-27-25(33-2)28-15-19/h3-7,10,13-15,17H,8-9,11-12H2,1-2H3,(H,29,30). The van der Waals surface area contributed by atoms with Crippen LogP contribution in [0.3, 0.4) is 0 Å². The lowest BCUT2D eigenvalue weighted by Gasteiger charge is -2.29. The molecule has 1 aromatic carbocycles. The van der Waals surface area contributed by atoms with E-state index in [1.807, 2.05) is 18.2 Å². The number of aromatic nitrogens is 3. The Morgan fingerprint density at radius 3 is 2.52 bits per heavy atom. The first-order valence-electron chi connectivity index (χ1n) is 11.0. The molecule has 1 saturated heterocycles. The molecular weight excluding hydrogens is 416 g/mol. The van der Waals surface area contributed by atoms with E-state index in [9.17, 15) is 4.79 Å². The third-order valence-corrected chi connectivity index (χ3v) is 6.18. The van der Waals surface area contributed by atoms with Gasteiger partial charge in [0.25, 0.3) is 5.91 Å². The van der Waals surface area contributed by atoms with Crippen molar-refractivity contribution in [2.45, 2.75) is 18.8 Å². The number of amides is 1. The van der Waals surface area contributed by atoms with E-state index in [1.54, 1.807) is 18.5 Å². The first-order valence-corrected chi connectivity index (χ1v) is 11.0. The second-order valence-corrected chi connectivity index (χ2v) is 8.35. The van der Waals surface area contributed by atoms with Crippen LogP contribution in [0.15, 0.2) is 48.9 Å². The first-order chi connectivity index (χ1) is 16.1. The van der Waals surface area contributed by atoms with Gasteiger partial charge in [0.2, 0.25) is 0 Å². The molecule has 1 N–H and O–H groups in total. The van der Waals surface area contributed by atoms with Crippen LogP contribution in [0.25, 0.3) is 17.3 Å². The molecule has 4 heterocycles. The topological polar surface area (TPSA) is 94.3 Å². The highest BCUT2D eigenvalue weighted by molar-refractivity contribution is 6.05. The Hall–Kier alpha value is -3.78. The van der Waals surface area contributed by atoms with Gasteiger partial charge in [0.1, 0.15) is 5.82 Å². The molecule has 1 fully saturated rings. The van der Waals surface area contributed by atoms with Gasteiger partial charge in [-0.15, -0.1) is 0 Å². The summed E-state index contributed by atoms with van der Waals surface area (Å²) in [6.07, 6.45) is 8.97. The molecule has 8 heteroatoms. The summed E-state index contributed by atoms with van der Waals surface area (Å²) in [4.78, 5) is 28.0. The minimum Gasteiger partial charge on any atom is -0.467 e. The Labute approximate surface area is 192 Å². The summed E-state index contributed by atoms with van der Waals surface area (Å²) in [5.74, 6) is 0.733. The lowest BCUT2D eigenvalue weighted by atomic mass is 9.89. The van der Waals surface area contributed by atoms with Gasteiger partial charge in [0.05, 0.1) is 18.4 Å². The van der Waals surface area contributed by atoms with Crippen molar-refractivity contribution in [1.29, 1.82) is 0 Å². The fraction of sp³-hybridized carbons (Fsp3) is 0.280. The van der Waals surface area contributed by atoms with Crippen LogP contribution in [0.1, 0.15) is 40.2 Å². The molecule has 0 spiro atoms. The summed E-state index contributed by atoms with van der Waals surface area (Å²) < 4.78 is 5.05. The summed E-state index contributed by atoms with van der Waals surface area (Å²) in [5.41, 5.74) is 4.80. The van der Waals surface area contributed by atoms with Crippen LogP contribution in [0.2, 0.25) is 0 Å². The number of nitrogens with zero attached hydrogens (tertiary/aromatic N) is 5. The Morgan fingerprint density at radius 1 is 1.09 bits per heavy atom. The van der Waals surface area contributed by atoms with Crippen molar-refractivity contribution in [3.63, 3.8) is 0 Å². The molecule has 0 atom stereocenters. The van der Waals surface area contributed by atoms with Crippen LogP contribution in [0, 0.1) is 0 Å². The zero-order chi connectivity index (χ0) is 22.8. The van der Waals surface area contributed by atoms with E-state index < -0.39 is 0 Å². The van der Waals surface area contributed by atoms with Gasteiger partial charge in [0, 0.05) is 29.8 Å². The SMILES string of the molecule is COc1ncc(-c2cc3c(c(Nc4ccc(C5CCN(C)CC5)cc4)n2)C(=O)[N]C=C3)cn1. The molecule has 1 radical (unpaired) electrons. The molecule has 3 aromatic rings. The molecule has 0 saturated carbocycles. The van der Waals surface area contributed by atoms with E-state index in [-0.39, 0.29) is 11.9 Å². The maximum absolute atomic E-state index is 12.6. The first kappa shape index (κ1) is 21.1. The maximum atomic E-state index is 12.6. The van der Waals surface area contributed by atoms with Gasteiger partial charge in [-0.05, 0) is 74.3 Å². The van der Waals surface area contributed by atoms with Gasteiger partial charge in [-0.1, -0.05) is 12.1 Å². The van der Waals surface area contributed by atoms with E-state index in [0.717, 1.165) is 29.9 Å². The molecule has 2 aliphatic rings. The number of rotatable bonds is 5. The summed E-state index contributed by atoms with van der Waals surface area (Å²) in [7, 11) is 3.69. The number of hydrogen-bond acceptors (Lipinski definition) is 7. The van der Waals surface area contributed by atoms with Crippen molar-refractivity contribution in [3.05, 3.63) is 65.6 Å². The van der Waals surface area contributed by atoms with Gasteiger partial charge in [-0.25, -0.2) is 20.3 Å². The van der Waals surface area contributed by atoms with Crippen molar-refractivity contribution < 1.29 is 9.53 Å². The predicted molar refractivity (Wildman–Crippen MR) is 127 cm³/mol. The highest BCUT2D eigenvalue weighted by Gasteiger charge is 2.23. The summed E-state index contributed by atoms with van der Waals surface area (Å²) >= 11 is 0. The van der Waals surface area contributed by atoms with Crippen LogP contribution in [-0.2, 0) is 0 Å². The maximum Gasteiger partial charge on any atom is 0.316 e. The number of carbonyl (C=O) groups excluding carboxylic acids is 1. The number of carbonyl (C=O) groups is 1. The van der Waals surface area contributed by atoms with E-state index in [1.165, 1.54) is 31.7 Å². The van der Waals surface area contributed by atoms with E-state index >= 15 is 0 Å². The molecule has 0 aliphatic carbocycles. The molecule has 0 bridgehead atoms. The number of hydrogen-bond donors (Lipinski definition) is 1. The molecular formula is C25H25N6O2. The summed E-state index contributed by atoms with van der Waals surface area (Å²) in [6.45, 7) is 2.25. The minimum absolute atomic E-state index is 0.286. The summed E-state index contributed by atoms with van der Waals surface area (Å²) in [5, 5.41) is 7.27. The van der Waals surface area contributed by atoms with Crippen molar-refractivity contribution in [2.75, 3.05) is 32.6 Å². The van der Waals surface area contributed by atoms with E-state index in [2.05, 4.69) is 44.7 Å². The zero-order valence-electron chi connectivity index (χ0n) is 18.7. The lowest BCUT2D eigenvalue weighted by molar-refractivity contribution is 0.0965. The summed E-state index contributed by atoms with van der Waals surface area (Å²) in [6, 6.07) is 10.6. The van der Waals surface area contributed by atoms with Crippen molar-refractivity contribution in [3.8, 4) is 17.3 Å². The Balaban J connectivity index is 1.45. The van der Waals surface area contributed by atoms with Crippen molar-refractivity contribution in [1.82, 2.24) is 25.2 Å². The lowest BCUT2D eigenvalue weighted by Crippen LogP contribution is -2.29. The van der Waals surface area contributed by atoms with E-state index in [4.69, 9.17) is 9.72 Å². The number of piperidine rings is 1. The largest absolute Gasteiger partial charge is 0.467 e.